The van der Waals surface area contributed by atoms with Crippen LogP contribution in [0, 0.1) is 13.0 Å². The van der Waals surface area contributed by atoms with Gasteiger partial charge in [0.25, 0.3) is 0 Å². The number of rotatable bonds is 0. The Labute approximate surface area is 93.3 Å². The second-order valence-electron chi connectivity index (χ2n) is 1.34. The normalized spacial score (nSPS) is 9.38. The first-order valence-corrected chi connectivity index (χ1v) is 2.11. The fraction of sp³-hybridized carbons (Fsp3) is 0.167. The molecule has 0 saturated carbocycles. The van der Waals surface area contributed by atoms with E-state index < -0.39 is 0 Å². The van der Waals surface area contributed by atoms with Crippen molar-refractivity contribution in [3.05, 3.63) is 30.1 Å². The van der Waals surface area contributed by atoms with Gasteiger partial charge in [-0.2, -0.15) is 6.07 Å². The molecule has 0 fully saturated rings. The van der Waals surface area contributed by atoms with Crippen molar-refractivity contribution in [2.24, 2.45) is 0 Å². The van der Waals surface area contributed by atoms with E-state index in [9.17, 15) is 0 Å². The first-order chi connectivity index (χ1) is 3.79. The van der Waals surface area contributed by atoms with Crippen LogP contribution in [-0.2, 0) is 0 Å². The fourth-order valence-electron chi connectivity index (χ4n) is 0.357. The molecule has 0 atom stereocenters. The van der Waals surface area contributed by atoms with E-state index in [1.165, 1.54) is 0 Å². The van der Waals surface area contributed by atoms with E-state index in [2.05, 4.69) is 11.1 Å². The number of nitrogens with zero attached hydrogens (tertiary/aromatic N) is 1. The van der Waals surface area contributed by atoms with Gasteiger partial charge in [0.1, 0.15) is 0 Å². The molecule has 1 heterocycles. The Balaban J connectivity index is 0.000000640. The van der Waals surface area contributed by atoms with Crippen LogP contribution in [0.15, 0.2) is 18.3 Å². The van der Waals surface area contributed by atoms with Gasteiger partial charge in [0, 0.05) is 0 Å². The van der Waals surface area contributed by atoms with Crippen LogP contribution < -0.4 is 51.4 Å². The molecule has 0 aliphatic rings. The van der Waals surface area contributed by atoms with Crippen molar-refractivity contribution in [2.45, 2.75) is 6.92 Å². The maximum Gasteiger partial charge on any atom is 1.00 e. The molecule has 0 unspecified atom stereocenters. The second-order valence-corrected chi connectivity index (χ2v) is 1.34. The second kappa shape index (κ2) is 4.65. The summed E-state index contributed by atoms with van der Waals surface area (Å²) in [6, 6.07) is 6.14. The molecule has 1 rings (SSSR count). The predicted molar refractivity (Wildman–Crippen MR) is 27.8 cm³/mol. The van der Waals surface area contributed by atoms with Crippen molar-refractivity contribution in [3.63, 3.8) is 0 Å². The SMILES string of the molecule is [3H]c1[c-]ccc(C)n1.[K+]. The first-order valence-electron chi connectivity index (χ1n) is 2.61. The zero-order chi connectivity index (χ0) is 5.98. The van der Waals surface area contributed by atoms with Gasteiger partial charge < -0.3 is 4.98 Å². The molecule has 0 aliphatic heterocycles. The van der Waals surface area contributed by atoms with Gasteiger partial charge in [-0.05, 0) is 12.6 Å². The standard InChI is InChI=1S/C6H6N.K/c1-6-4-2-3-5-7-6;/h2,4-5H,1H3;/q-1;+1/i5T;. The predicted octanol–water partition coefficient (Wildman–Crippen LogP) is -1.81. The largest absolute Gasteiger partial charge is 1.00 e. The molecule has 0 radical (unpaired) electrons. The molecular weight excluding hydrogens is 125 g/mol. The number of aryl methyl sites for hydroxylation is 1. The average Bonchev–Trinajstić information content (AvgIpc) is 1.64. The molecule has 1 nitrogen and oxygen atoms in total. The molecule has 0 N–H and O–H groups in total. The van der Waals surface area contributed by atoms with Gasteiger partial charge in [-0.3, -0.25) is 0 Å². The van der Waals surface area contributed by atoms with E-state index in [1.807, 2.05) is 13.0 Å². The minimum absolute atomic E-state index is 0. The molecule has 8 heavy (non-hydrogen) atoms. The first kappa shape index (κ1) is 6.90. The van der Waals surface area contributed by atoms with Gasteiger partial charge in [0.15, 0.2) is 0 Å². The van der Waals surface area contributed by atoms with Crippen LogP contribution in [0.25, 0.3) is 0 Å². The van der Waals surface area contributed by atoms with Gasteiger partial charge in [-0.25, -0.2) is 12.1 Å². The van der Waals surface area contributed by atoms with Gasteiger partial charge in [-0.15, -0.1) is 0 Å². The van der Waals surface area contributed by atoms with Crippen LogP contribution in [-0.4, -0.2) is 4.98 Å². The van der Waals surface area contributed by atoms with Gasteiger partial charge in [-0.1, -0.05) is 6.17 Å². The summed E-state index contributed by atoms with van der Waals surface area (Å²) in [6.45, 7) is 1.85. The smallest absolute Gasteiger partial charge is 0.301 e. The average molecular weight is 133 g/mol. The molecule has 0 spiro atoms. The summed E-state index contributed by atoms with van der Waals surface area (Å²) in [5.41, 5.74) is 0.869. The van der Waals surface area contributed by atoms with E-state index in [4.69, 9.17) is 1.37 Å². The number of aromatic nitrogens is 1. The van der Waals surface area contributed by atoms with E-state index in [-0.39, 0.29) is 57.6 Å². The maximum absolute atomic E-state index is 6.97. The van der Waals surface area contributed by atoms with Crippen molar-refractivity contribution in [3.8, 4) is 0 Å². The molecule has 0 aliphatic carbocycles. The maximum atomic E-state index is 6.97. The zero-order valence-corrected chi connectivity index (χ0v) is 8.23. The summed E-state index contributed by atoms with van der Waals surface area (Å²) in [5.74, 6) is 0. The molecule has 1 aromatic rings. The molecule has 0 aromatic carbocycles. The van der Waals surface area contributed by atoms with Crippen LogP contribution in [0.3, 0.4) is 0 Å². The quantitative estimate of drug-likeness (QED) is 0.300. The summed E-state index contributed by atoms with van der Waals surface area (Å²) in [4.78, 5) is 3.78. The van der Waals surface area contributed by atoms with E-state index >= 15 is 0 Å². The number of pyridine rings is 1. The summed E-state index contributed by atoms with van der Waals surface area (Å²) in [7, 11) is 0. The van der Waals surface area contributed by atoms with Crippen LogP contribution in [0.2, 0.25) is 0 Å². The third-order valence-electron chi connectivity index (χ3n) is 0.705. The Kier molecular flexibility index (Phi) is 4.01. The van der Waals surface area contributed by atoms with Crippen LogP contribution in [0.4, 0.5) is 0 Å². The minimum atomic E-state index is 0. The molecule has 36 valence electrons. The third-order valence-corrected chi connectivity index (χ3v) is 0.705. The summed E-state index contributed by atoms with van der Waals surface area (Å²) >= 11 is 0. The van der Waals surface area contributed by atoms with Gasteiger partial charge in [0.2, 0.25) is 0 Å². The molecular formula is C6H6KN. The Hall–Kier alpha value is 0.786. The van der Waals surface area contributed by atoms with Crippen molar-refractivity contribution < 1.29 is 52.8 Å². The number of hydrogen-bond donors (Lipinski definition) is 0. The van der Waals surface area contributed by atoms with Crippen molar-refractivity contribution in [1.29, 1.82) is 0 Å². The van der Waals surface area contributed by atoms with Crippen LogP contribution >= 0.6 is 0 Å². The van der Waals surface area contributed by atoms with Gasteiger partial charge in [0.05, 0.1) is 1.37 Å². The summed E-state index contributed by atoms with van der Waals surface area (Å²) in [5, 5.41) is 0. The molecule has 0 amide bonds. The number of hydrogen-bond acceptors (Lipinski definition) is 1. The summed E-state index contributed by atoms with van der Waals surface area (Å²) < 4.78 is 6.97. The topological polar surface area (TPSA) is 12.9 Å². The van der Waals surface area contributed by atoms with Crippen molar-refractivity contribution in [1.82, 2.24) is 4.98 Å². The molecule has 0 bridgehead atoms. The Morgan fingerprint density at radius 2 is 2.62 bits per heavy atom. The zero-order valence-electron chi connectivity index (χ0n) is 6.10. The van der Waals surface area contributed by atoms with Crippen molar-refractivity contribution in [2.75, 3.05) is 0 Å². The molecule has 0 saturated heterocycles. The van der Waals surface area contributed by atoms with Crippen LogP contribution in [0.5, 0.6) is 0 Å². The molecule has 1 aromatic heterocycles. The Morgan fingerprint density at radius 1 is 1.88 bits per heavy atom. The summed E-state index contributed by atoms with van der Waals surface area (Å²) in [6.07, 6.45) is 0.213. The Bertz CT molecular complexity index is 173. The fourth-order valence-corrected chi connectivity index (χ4v) is 0.357. The monoisotopic (exact) mass is 133 g/mol. The van der Waals surface area contributed by atoms with Crippen molar-refractivity contribution >= 4 is 0 Å². The Morgan fingerprint density at radius 3 is 3.00 bits per heavy atom. The van der Waals surface area contributed by atoms with E-state index in [1.54, 1.807) is 6.07 Å². The minimum Gasteiger partial charge on any atom is -0.301 e. The molecule has 2 heteroatoms. The van der Waals surface area contributed by atoms with E-state index in [0.717, 1.165) is 5.69 Å². The van der Waals surface area contributed by atoms with E-state index in [0.29, 0.717) is 0 Å². The van der Waals surface area contributed by atoms with Crippen LogP contribution in [0.1, 0.15) is 7.06 Å². The van der Waals surface area contributed by atoms with Gasteiger partial charge >= 0.3 is 51.4 Å². The third kappa shape index (κ3) is 2.94.